The minimum absolute atomic E-state index is 0.233. The van der Waals surface area contributed by atoms with Gasteiger partial charge in [0.1, 0.15) is 0 Å². The zero-order valence-electron chi connectivity index (χ0n) is 5.82. The van der Waals surface area contributed by atoms with Crippen LogP contribution in [0.25, 0.3) is 0 Å². The van der Waals surface area contributed by atoms with Crippen molar-refractivity contribution >= 4 is 29.0 Å². The molecule has 0 aromatic heterocycles. The van der Waals surface area contributed by atoms with E-state index < -0.39 is 0 Å². The molecule has 10 heavy (non-hydrogen) atoms. The Morgan fingerprint density at radius 1 is 1.40 bits per heavy atom. The van der Waals surface area contributed by atoms with Crippen molar-refractivity contribution in [1.82, 2.24) is 0 Å². The summed E-state index contributed by atoms with van der Waals surface area (Å²) in [6, 6.07) is 0. The van der Waals surface area contributed by atoms with E-state index in [-0.39, 0.29) is 10.8 Å². The first kappa shape index (κ1) is 9.73. The van der Waals surface area contributed by atoms with Gasteiger partial charge in [-0.05, 0) is 19.9 Å². The minimum atomic E-state index is -0.253. The van der Waals surface area contributed by atoms with Crippen molar-refractivity contribution in [1.29, 1.82) is 0 Å². The van der Waals surface area contributed by atoms with E-state index in [2.05, 4.69) is 0 Å². The fourth-order valence-corrected chi connectivity index (χ4v) is 0.554. The molecule has 0 aromatic carbocycles. The second kappa shape index (κ2) is 4.53. The summed E-state index contributed by atoms with van der Waals surface area (Å²) in [7, 11) is 0. The largest absolute Gasteiger partial charge is 0.288 e. The highest BCUT2D eigenvalue weighted by molar-refractivity contribution is 6.45. The van der Waals surface area contributed by atoms with Crippen LogP contribution in [0.15, 0.2) is 22.2 Å². The van der Waals surface area contributed by atoms with E-state index >= 15 is 0 Å². The van der Waals surface area contributed by atoms with Gasteiger partial charge < -0.3 is 0 Å². The van der Waals surface area contributed by atoms with Crippen LogP contribution in [0.5, 0.6) is 0 Å². The maximum absolute atomic E-state index is 10.8. The van der Waals surface area contributed by atoms with Gasteiger partial charge in [0, 0.05) is 5.54 Å². The molecule has 0 N–H and O–H groups in total. The second-order valence-corrected chi connectivity index (χ2v) is 2.60. The summed E-state index contributed by atoms with van der Waals surface area (Å²) in [4.78, 5) is 10.8. The third-order valence-electron chi connectivity index (χ3n) is 0.870. The van der Waals surface area contributed by atoms with Gasteiger partial charge in [-0.1, -0.05) is 28.8 Å². The second-order valence-electron chi connectivity index (χ2n) is 1.97. The van der Waals surface area contributed by atoms with Gasteiger partial charge >= 0.3 is 0 Å². The Bertz CT molecular complexity index is 188. The maximum atomic E-state index is 10.8. The lowest BCUT2D eigenvalue weighted by molar-refractivity contribution is -0.110. The van der Waals surface area contributed by atoms with Crippen LogP contribution >= 0.6 is 23.2 Å². The Labute approximate surface area is 70.3 Å². The zero-order chi connectivity index (χ0) is 8.15. The average molecular weight is 179 g/mol. The predicted molar refractivity (Wildman–Crippen MR) is 44.2 cm³/mol. The quantitative estimate of drug-likeness (QED) is 0.595. The third kappa shape index (κ3) is 3.04. The van der Waals surface area contributed by atoms with Gasteiger partial charge in [0.2, 0.25) is 0 Å². The fraction of sp³-hybridized carbons (Fsp3) is 0.286. The molecule has 1 nitrogen and oxygen atoms in total. The number of rotatable bonds is 2. The van der Waals surface area contributed by atoms with E-state index in [1.54, 1.807) is 13.8 Å². The number of hydrogen-bond acceptors (Lipinski definition) is 1. The normalized spacial score (nSPS) is 10.0. The molecule has 0 spiro atoms. The van der Waals surface area contributed by atoms with Crippen LogP contribution in [0.2, 0.25) is 0 Å². The Morgan fingerprint density at radius 2 is 1.90 bits per heavy atom. The van der Waals surface area contributed by atoms with E-state index in [1.807, 2.05) is 0 Å². The lowest BCUT2D eigenvalue weighted by Crippen LogP contribution is -1.92. The summed E-state index contributed by atoms with van der Waals surface area (Å²) >= 11 is 10.7. The van der Waals surface area contributed by atoms with Crippen LogP contribution in [-0.4, -0.2) is 5.78 Å². The highest BCUT2D eigenvalue weighted by Crippen LogP contribution is 2.10. The molecular weight excluding hydrogens is 171 g/mol. The Morgan fingerprint density at radius 3 is 2.20 bits per heavy atom. The maximum Gasteiger partial charge on any atom is 0.197 e. The van der Waals surface area contributed by atoms with Gasteiger partial charge in [-0.3, -0.25) is 4.79 Å². The van der Waals surface area contributed by atoms with Gasteiger partial charge in [0.05, 0.1) is 5.03 Å². The molecule has 0 rings (SSSR count). The molecule has 0 atom stereocenters. The SMILES string of the molecule is CC(C)=C(Cl)C(=O)C=CCl. The number of halogens is 2. The highest BCUT2D eigenvalue weighted by atomic mass is 35.5. The average Bonchev–Trinajstić information content (AvgIpc) is 1.87. The molecule has 0 unspecified atom stereocenters. The van der Waals surface area contributed by atoms with E-state index in [4.69, 9.17) is 23.2 Å². The number of carbonyl (C=O) groups excluding carboxylic acids is 1. The number of hydrogen-bond donors (Lipinski definition) is 0. The van der Waals surface area contributed by atoms with E-state index in [1.165, 1.54) is 6.08 Å². The summed E-state index contributed by atoms with van der Waals surface area (Å²) in [6.07, 6.45) is 1.22. The summed E-state index contributed by atoms with van der Waals surface area (Å²) in [6.45, 7) is 3.53. The summed E-state index contributed by atoms with van der Waals surface area (Å²) in [5, 5.41) is 0.233. The molecule has 0 aliphatic rings. The molecule has 0 heterocycles. The van der Waals surface area contributed by atoms with Gasteiger partial charge in [0.15, 0.2) is 5.78 Å². The molecule has 0 aromatic rings. The third-order valence-corrected chi connectivity index (χ3v) is 1.56. The standard InChI is InChI=1S/C7H8Cl2O/c1-5(2)7(9)6(10)3-4-8/h3-4H,1-2H3. The molecule has 0 aliphatic carbocycles. The van der Waals surface area contributed by atoms with Gasteiger partial charge in [-0.2, -0.15) is 0 Å². The molecule has 3 heteroatoms. The molecule has 0 saturated carbocycles. The molecule has 0 radical (unpaired) electrons. The monoisotopic (exact) mass is 178 g/mol. The fourth-order valence-electron chi connectivity index (χ4n) is 0.377. The topological polar surface area (TPSA) is 17.1 Å². The van der Waals surface area contributed by atoms with Crippen molar-refractivity contribution in [2.75, 3.05) is 0 Å². The molecule has 0 amide bonds. The Hall–Kier alpha value is -0.270. The first-order chi connectivity index (χ1) is 4.59. The lowest BCUT2D eigenvalue weighted by atomic mass is 10.2. The van der Waals surface area contributed by atoms with E-state index in [0.29, 0.717) is 0 Å². The summed E-state index contributed by atoms with van der Waals surface area (Å²) < 4.78 is 0. The van der Waals surface area contributed by atoms with Gasteiger partial charge in [0.25, 0.3) is 0 Å². The first-order valence-corrected chi connectivity index (χ1v) is 3.55. The van der Waals surface area contributed by atoms with Crippen molar-refractivity contribution in [3.05, 3.63) is 22.2 Å². The molecule has 0 bridgehead atoms. The number of ketones is 1. The van der Waals surface area contributed by atoms with Crippen LogP contribution in [-0.2, 0) is 4.79 Å². The predicted octanol–water partition coefficient (Wildman–Crippen LogP) is 2.84. The highest BCUT2D eigenvalue weighted by Gasteiger charge is 2.02. The Kier molecular flexibility index (Phi) is 4.41. The van der Waals surface area contributed by atoms with Crippen LogP contribution < -0.4 is 0 Å². The van der Waals surface area contributed by atoms with Crippen molar-refractivity contribution in [2.24, 2.45) is 0 Å². The van der Waals surface area contributed by atoms with Gasteiger partial charge in [-0.25, -0.2) is 0 Å². The zero-order valence-corrected chi connectivity index (χ0v) is 7.33. The number of allylic oxidation sites excluding steroid dienone is 3. The van der Waals surface area contributed by atoms with Crippen LogP contribution in [0, 0.1) is 0 Å². The molecule has 56 valence electrons. The summed E-state index contributed by atoms with van der Waals surface area (Å²) in [5.74, 6) is -0.253. The first-order valence-electron chi connectivity index (χ1n) is 2.73. The van der Waals surface area contributed by atoms with Crippen molar-refractivity contribution in [2.45, 2.75) is 13.8 Å². The van der Waals surface area contributed by atoms with Gasteiger partial charge in [-0.15, -0.1) is 0 Å². The smallest absolute Gasteiger partial charge is 0.197 e. The lowest BCUT2D eigenvalue weighted by Gasteiger charge is -1.92. The molecule has 0 aliphatic heterocycles. The molecule has 0 fully saturated rings. The number of carbonyl (C=O) groups is 1. The van der Waals surface area contributed by atoms with Crippen LogP contribution in [0.1, 0.15) is 13.8 Å². The van der Waals surface area contributed by atoms with Crippen LogP contribution in [0.4, 0.5) is 0 Å². The molecular formula is C7H8Cl2O. The van der Waals surface area contributed by atoms with E-state index in [0.717, 1.165) is 11.1 Å². The molecule has 0 saturated heterocycles. The van der Waals surface area contributed by atoms with E-state index in [9.17, 15) is 4.79 Å². The van der Waals surface area contributed by atoms with Crippen molar-refractivity contribution in [3.8, 4) is 0 Å². The Balaban J connectivity index is 4.38. The van der Waals surface area contributed by atoms with Crippen molar-refractivity contribution < 1.29 is 4.79 Å². The minimum Gasteiger partial charge on any atom is -0.288 e. The van der Waals surface area contributed by atoms with Crippen molar-refractivity contribution in [3.63, 3.8) is 0 Å². The summed E-state index contributed by atoms with van der Waals surface area (Å²) in [5.41, 5.74) is 1.94. The van der Waals surface area contributed by atoms with Crippen LogP contribution in [0.3, 0.4) is 0 Å².